The molecule has 0 spiro atoms. The van der Waals surface area contributed by atoms with Crippen LogP contribution < -0.4 is 10.6 Å². The Kier molecular flexibility index (Phi) is 9.04. The van der Waals surface area contributed by atoms with E-state index in [0.717, 1.165) is 0 Å². The van der Waals surface area contributed by atoms with Crippen molar-refractivity contribution in [3.05, 3.63) is 75.8 Å². The highest BCUT2D eigenvalue weighted by molar-refractivity contribution is 5.97. The molecule has 0 unspecified atom stereocenters. The van der Waals surface area contributed by atoms with Gasteiger partial charge in [0.1, 0.15) is 6.04 Å². The number of carboxylic acids is 1. The first-order valence-electron chi connectivity index (χ1n) is 9.98. The number of carbonyl (C=O) groups excluding carboxylic acids is 3. The lowest BCUT2D eigenvalue weighted by atomic mass is 9.88. The minimum absolute atomic E-state index is 0.0709. The van der Waals surface area contributed by atoms with Gasteiger partial charge in [-0.15, -0.1) is 0 Å². The Morgan fingerprint density at radius 2 is 1.70 bits per heavy atom. The molecule has 0 aliphatic rings. The number of ether oxygens (including phenoxy) is 1. The maximum absolute atomic E-state index is 12.4. The van der Waals surface area contributed by atoms with Gasteiger partial charge in [-0.05, 0) is 24.6 Å². The summed E-state index contributed by atoms with van der Waals surface area (Å²) in [5.74, 6) is -4.50. The van der Waals surface area contributed by atoms with Gasteiger partial charge >= 0.3 is 11.9 Å². The fourth-order valence-electron chi connectivity index (χ4n) is 3.08. The van der Waals surface area contributed by atoms with Crippen molar-refractivity contribution in [3.63, 3.8) is 0 Å². The Hall–Kier alpha value is -4.28. The lowest BCUT2D eigenvalue weighted by Crippen LogP contribution is -2.49. The van der Waals surface area contributed by atoms with Crippen molar-refractivity contribution in [3.8, 4) is 0 Å². The van der Waals surface area contributed by atoms with Gasteiger partial charge in [0.2, 0.25) is 5.91 Å². The molecule has 33 heavy (non-hydrogen) atoms. The highest BCUT2D eigenvalue weighted by Gasteiger charge is 2.33. The van der Waals surface area contributed by atoms with E-state index in [0.29, 0.717) is 5.56 Å². The molecular weight excluding hydrogens is 434 g/mol. The number of hydrogen-bond acceptors (Lipinski definition) is 7. The fourth-order valence-corrected chi connectivity index (χ4v) is 3.08. The molecule has 174 valence electrons. The molecule has 0 fully saturated rings. The molecule has 11 heteroatoms. The lowest BCUT2D eigenvalue weighted by molar-refractivity contribution is -0.384. The second-order valence-corrected chi connectivity index (χ2v) is 6.90. The SMILES string of the molecule is CCOC(=O)C[C@@H](c1ccc([N+](=O)[O-])cc1)[C@@H](NC(=O)CNC(=O)c1ccccc1)C(=O)O. The Balaban J connectivity index is 2.18. The third-order valence-corrected chi connectivity index (χ3v) is 4.65. The highest BCUT2D eigenvalue weighted by Crippen LogP contribution is 2.27. The van der Waals surface area contributed by atoms with Gasteiger partial charge in [0, 0.05) is 23.6 Å². The quantitative estimate of drug-likeness (QED) is 0.260. The van der Waals surface area contributed by atoms with Crippen molar-refractivity contribution < 1.29 is 33.9 Å². The molecule has 2 amide bonds. The van der Waals surface area contributed by atoms with E-state index in [-0.39, 0.29) is 24.3 Å². The van der Waals surface area contributed by atoms with E-state index in [1.165, 1.54) is 24.3 Å². The van der Waals surface area contributed by atoms with E-state index in [1.54, 1.807) is 37.3 Å². The van der Waals surface area contributed by atoms with Gasteiger partial charge in [0.05, 0.1) is 24.5 Å². The van der Waals surface area contributed by atoms with E-state index in [1.807, 2.05) is 0 Å². The molecule has 2 atom stereocenters. The summed E-state index contributed by atoms with van der Waals surface area (Å²) < 4.78 is 4.91. The molecule has 2 aromatic rings. The van der Waals surface area contributed by atoms with Crippen molar-refractivity contribution in [2.75, 3.05) is 13.2 Å². The minimum atomic E-state index is -1.56. The van der Waals surface area contributed by atoms with Crippen LogP contribution in [-0.2, 0) is 19.1 Å². The molecule has 11 nitrogen and oxygen atoms in total. The second-order valence-electron chi connectivity index (χ2n) is 6.90. The Morgan fingerprint density at radius 1 is 1.06 bits per heavy atom. The zero-order valence-electron chi connectivity index (χ0n) is 17.7. The number of carbonyl (C=O) groups is 4. The number of nitro groups is 1. The third kappa shape index (κ3) is 7.42. The van der Waals surface area contributed by atoms with Crippen LogP contribution in [0.15, 0.2) is 54.6 Å². The zero-order valence-corrected chi connectivity index (χ0v) is 17.7. The maximum Gasteiger partial charge on any atom is 0.326 e. The van der Waals surface area contributed by atoms with Crippen LogP contribution in [0.4, 0.5) is 5.69 Å². The molecule has 2 rings (SSSR count). The van der Waals surface area contributed by atoms with Gasteiger partial charge in [0.25, 0.3) is 11.6 Å². The first-order valence-corrected chi connectivity index (χ1v) is 9.98. The largest absolute Gasteiger partial charge is 0.480 e. The second kappa shape index (κ2) is 11.9. The van der Waals surface area contributed by atoms with Crippen molar-refractivity contribution in [1.29, 1.82) is 0 Å². The normalized spacial score (nSPS) is 12.2. The number of non-ortho nitro benzene ring substituents is 1. The van der Waals surface area contributed by atoms with Crippen LogP contribution in [0.2, 0.25) is 0 Å². The fraction of sp³-hybridized carbons (Fsp3) is 0.273. The lowest BCUT2D eigenvalue weighted by Gasteiger charge is -2.25. The van der Waals surface area contributed by atoms with E-state index >= 15 is 0 Å². The van der Waals surface area contributed by atoms with E-state index < -0.39 is 47.2 Å². The van der Waals surface area contributed by atoms with Gasteiger partial charge < -0.3 is 20.5 Å². The van der Waals surface area contributed by atoms with Gasteiger partial charge in [-0.2, -0.15) is 0 Å². The summed E-state index contributed by atoms with van der Waals surface area (Å²) in [6.45, 7) is 1.16. The van der Waals surface area contributed by atoms with Crippen molar-refractivity contribution in [1.82, 2.24) is 10.6 Å². The molecule has 0 saturated carbocycles. The topological polar surface area (TPSA) is 165 Å². The van der Waals surface area contributed by atoms with Crippen molar-refractivity contribution in [2.24, 2.45) is 0 Å². The molecule has 0 radical (unpaired) electrons. The van der Waals surface area contributed by atoms with Crippen LogP contribution >= 0.6 is 0 Å². The Morgan fingerprint density at radius 3 is 2.24 bits per heavy atom. The number of amides is 2. The standard InChI is InChI=1S/C22H23N3O8/c1-2-33-19(27)12-17(14-8-10-16(11-9-14)25(31)32)20(22(29)30)24-18(26)13-23-21(28)15-6-4-3-5-7-15/h3-11,17,20H,2,12-13H2,1H3,(H,23,28)(H,24,26)(H,29,30)/t17-,20+/m0/s1. The van der Waals surface area contributed by atoms with Gasteiger partial charge in [-0.25, -0.2) is 4.79 Å². The molecule has 0 aliphatic heterocycles. The summed E-state index contributed by atoms with van der Waals surface area (Å²) >= 11 is 0. The summed E-state index contributed by atoms with van der Waals surface area (Å²) in [7, 11) is 0. The Bertz CT molecular complexity index is 1010. The maximum atomic E-state index is 12.4. The molecule has 0 bridgehead atoms. The number of esters is 1. The van der Waals surface area contributed by atoms with Crippen LogP contribution in [0.3, 0.4) is 0 Å². The summed E-state index contributed by atoms with van der Waals surface area (Å²) in [5.41, 5.74) is 0.397. The van der Waals surface area contributed by atoms with E-state index in [9.17, 15) is 34.4 Å². The number of nitrogens with zero attached hydrogens (tertiary/aromatic N) is 1. The predicted molar refractivity (Wildman–Crippen MR) is 115 cm³/mol. The third-order valence-electron chi connectivity index (χ3n) is 4.65. The van der Waals surface area contributed by atoms with Crippen LogP contribution in [0, 0.1) is 10.1 Å². The molecular formula is C22H23N3O8. The van der Waals surface area contributed by atoms with Crippen LogP contribution in [0.1, 0.15) is 35.2 Å². The number of nitrogens with one attached hydrogen (secondary N) is 2. The summed E-state index contributed by atoms with van der Waals surface area (Å²) in [5, 5.41) is 25.3. The molecule has 2 aromatic carbocycles. The molecule has 0 saturated heterocycles. The number of nitro benzene ring substituents is 1. The van der Waals surface area contributed by atoms with Gasteiger partial charge in [-0.1, -0.05) is 30.3 Å². The van der Waals surface area contributed by atoms with Crippen LogP contribution in [-0.4, -0.2) is 53.0 Å². The Labute approximate surface area is 188 Å². The highest BCUT2D eigenvalue weighted by atomic mass is 16.6. The first kappa shape index (κ1) is 25.0. The van der Waals surface area contributed by atoms with Crippen molar-refractivity contribution in [2.45, 2.75) is 25.3 Å². The molecule has 0 aliphatic carbocycles. The van der Waals surface area contributed by atoms with E-state index in [4.69, 9.17) is 4.74 Å². The predicted octanol–water partition coefficient (Wildman–Crippen LogP) is 1.63. The summed E-state index contributed by atoms with van der Waals surface area (Å²) in [4.78, 5) is 58.8. The number of rotatable bonds is 11. The molecule has 0 heterocycles. The number of aliphatic carboxylic acids is 1. The zero-order chi connectivity index (χ0) is 24.4. The molecule has 0 aromatic heterocycles. The first-order chi connectivity index (χ1) is 15.7. The average molecular weight is 457 g/mol. The number of hydrogen-bond donors (Lipinski definition) is 3. The summed E-state index contributed by atoms with van der Waals surface area (Å²) in [6.07, 6.45) is -0.390. The molecule has 3 N–H and O–H groups in total. The van der Waals surface area contributed by atoms with E-state index in [2.05, 4.69) is 10.6 Å². The smallest absolute Gasteiger partial charge is 0.326 e. The van der Waals surface area contributed by atoms with Crippen molar-refractivity contribution >= 4 is 29.4 Å². The minimum Gasteiger partial charge on any atom is -0.480 e. The average Bonchev–Trinajstić information content (AvgIpc) is 2.80. The summed E-state index contributed by atoms with van der Waals surface area (Å²) in [6, 6.07) is 11.6. The van der Waals surface area contributed by atoms with Crippen LogP contribution in [0.5, 0.6) is 0 Å². The number of benzene rings is 2. The monoisotopic (exact) mass is 457 g/mol. The van der Waals surface area contributed by atoms with Gasteiger partial charge in [0.15, 0.2) is 0 Å². The van der Waals surface area contributed by atoms with Crippen LogP contribution in [0.25, 0.3) is 0 Å². The number of carboxylic acid groups (broad SMARTS) is 1. The van der Waals surface area contributed by atoms with Gasteiger partial charge in [-0.3, -0.25) is 24.5 Å².